The van der Waals surface area contributed by atoms with E-state index in [1.165, 1.54) is 12.1 Å². The maximum atomic E-state index is 11.0. The predicted molar refractivity (Wildman–Crippen MR) is 75.6 cm³/mol. The van der Waals surface area contributed by atoms with Crippen molar-refractivity contribution >= 4 is 17.3 Å². The number of anilines is 1. The van der Waals surface area contributed by atoms with Crippen molar-refractivity contribution in [3.05, 3.63) is 33.9 Å². The van der Waals surface area contributed by atoms with Gasteiger partial charge in [-0.1, -0.05) is 6.07 Å². The van der Waals surface area contributed by atoms with Crippen LogP contribution >= 0.6 is 0 Å². The van der Waals surface area contributed by atoms with Gasteiger partial charge in [0, 0.05) is 18.7 Å². The number of hydrazine groups is 1. The Labute approximate surface area is 116 Å². The summed E-state index contributed by atoms with van der Waals surface area (Å²) in [6, 6.07) is 4.79. The molecule has 110 valence electrons. The predicted octanol–water partition coefficient (Wildman–Crippen LogP) is 0.576. The number of benzene rings is 1. The number of nitro groups is 1. The number of nitrogens with one attached hydrogen (secondary N) is 1. The Morgan fingerprint density at radius 2 is 2.15 bits per heavy atom. The molecular weight excluding hydrogens is 262 g/mol. The van der Waals surface area contributed by atoms with Gasteiger partial charge in [0.1, 0.15) is 5.69 Å². The number of carbonyl (C=O) groups is 1. The van der Waals surface area contributed by atoms with Crippen molar-refractivity contribution in [2.45, 2.75) is 26.4 Å². The minimum atomic E-state index is -0.507. The van der Waals surface area contributed by atoms with Crippen LogP contribution in [0.4, 0.5) is 11.4 Å². The number of nitrogen functional groups attached to an aromatic ring is 1. The van der Waals surface area contributed by atoms with Gasteiger partial charge in [0.05, 0.1) is 11.5 Å². The highest BCUT2D eigenvalue weighted by atomic mass is 16.6. The Hall–Kier alpha value is -2.19. The van der Waals surface area contributed by atoms with Crippen molar-refractivity contribution in [2.24, 2.45) is 11.6 Å². The standard InChI is InChI=1S/C12H19N5O3/c1-8(2)16(7-12(13)18)6-9-3-4-10(15-14)11(5-9)17(19)20/h3-5,8,15H,6-7,14H2,1-2H3,(H2,13,18). The van der Waals surface area contributed by atoms with E-state index >= 15 is 0 Å². The molecule has 0 saturated heterocycles. The zero-order valence-electron chi connectivity index (χ0n) is 11.5. The lowest BCUT2D eigenvalue weighted by Gasteiger charge is -2.25. The summed E-state index contributed by atoms with van der Waals surface area (Å²) in [4.78, 5) is 23.3. The SMILES string of the molecule is CC(C)N(CC(N)=O)Cc1ccc(NN)c([N+](=O)[O-])c1. The molecule has 0 atom stereocenters. The fourth-order valence-electron chi connectivity index (χ4n) is 1.80. The molecule has 0 bridgehead atoms. The molecule has 0 aliphatic heterocycles. The molecule has 0 aromatic heterocycles. The van der Waals surface area contributed by atoms with Gasteiger partial charge in [-0.3, -0.25) is 25.7 Å². The first-order valence-electron chi connectivity index (χ1n) is 6.11. The van der Waals surface area contributed by atoms with Crippen LogP contribution < -0.4 is 17.0 Å². The minimum Gasteiger partial charge on any atom is -0.369 e. The third-order valence-electron chi connectivity index (χ3n) is 2.89. The average Bonchev–Trinajstić information content (AvgIpc) is 2.37. The van der Waals surface area contributed by atoms with Gasteiger partial charge in [-0.2, -0.15) is 0 Å². The van der Waals surface area contributed by atoms with E-state index in [9.17, 15) is 14.9 Å². The average molecular weight is 281 g/mol. The van der Waals surface area contributed by atoms with E-state index in [0.717, 1.165) is 0 Å². The Balaban J connectivity index is 2.98. The van der Waals surface area contributed by atoms with Gasteiger partial charge in [-0.15, -0.1) is 0 Å². The van der Waals surface area contributed by atoms with Crippen LogP contribution in [-0.2, 0) is 11.3 Å². The van der Waals surface area contributed by atoms with Crippen molar-refractivity contribution in [1.29, 1.82) is 0 Å². The van der Waals surface area contributed by atoms with Crippen LogP contribution in [0, 0.1) is 10.1 Å². The molecule has 5 N–H and O–H groups in total. The number of amides is 1. The summed E-state index contributed by atoms with van der Waals surface area (Å²) in [5, 5.41) is 11.0. The monoisotopic (exact) mass is 281 g/mol. The molecular formula is C12H19N5O3. The van der Waals surface area contributed by atoms with Crippen LogP contribution in [0.5, 0.6) is 0 Å². The minimum absolute atomic E-state index is 0.0915. The van der Waals surface area contributed by atoms with Crippen LogP contribution in [0.2, 0.25) is 0 Å². The van der Waals surface area contributed by atoms with Crippen molar-refractivity contribution in [2.75, 3.05) is 12.0 Å². The number of carbonyl (C=O) groups excluding carboxylic acids is 1. The third-order valence-corrected chi connectivity index (χ3v) is 2.89. The maximum Gasteiger partial charge on any atom is 0.293 e. The van der Waals surface area contributed by atoms with Crippen LogP contribution in [0.1, 0.15) is 19.4 Å². The largest absolute Gasteiger partial charge is 0.369 e. The lowest BCUT2D eigenvalue weighted by molar-refractivity contribution is -0.384. The summed E-state index contributed by atoms with van der Waals surface area (Å²) in [6.07, 6.45) is 0. The summed E-state index contributed by atoms with van der Waals surface area (Å²) in [5.41, 5.74) is 8.33. The molecule has 0 saturated carbocycles. The lowest BCUT2D eigenvalue weighted by atomic mass is 10.1. The second-order valence-electron chi connectivity index (χ2n) is 4.72. The smallest absolute Gasteiger partial charge is 0.293 e. The number of nitrogens with zero attached hydrogens (tertiary/aromatic N) is 2. The first-order chi connectivity index (χ1) is 9.35. The Bertz CT molecular complexity index is 504. The molecule has 0 heterocycles. The van der Waals surface area contributed by atoms with Crippen molar-refractivity contribution in [3.63, 3.8) is 0 Å². The van der Waals surface area contributed by atoms with Crippen LogP contribution in [-0.4, -0.2) is 28.3 Å². The van der Waals surface area contributed by atoms with Crippen molar-refractivity contribution in [1.82, 2.24) is 4.90 Å². The number of nitrogens with two attached hydrogens (primary N) is 2. The molecule has 0 aliphatic carbocycles. The van der Waals surface area contributed by atoms with E-state index in [0.29, 0.717) is 12.1 Å². The number of hydrogen-bond donors (Lipinski definition) is 3. The highest BCUT2D eigenvalue weighted by Crippen LogP contribution is 2.25. The topological polar surface area (TPSA) is 128 Å². The summed E-state index contributed by atoms with van der Waals surface area (Å²) in [5.74, 6) is 4.79. The second kappa shape index (κ2) is 6.83. The molecule has 1 amide bonds. The number of primary amides is 1. The zero-order valence-corrected chi connectivity index (χ0v) is 11.5. The van der Waals surface area contributed by atoms with E-state index in [-0.39, 0.29) is 24.0 Å². The highest BCUT2D eigenvalue weighted by Gasteiger charge is 2.17. The summed E-state index contributed by atoms with van der Waals surface area (Å²) < 4.78 is 0. The zero-order chi connectivity index (χ0) is 15.3. The Kier molecular flexibility index (Phi) is 5.42. The molecule has 1 rings (SSSR count). The molecule has 1 aromatic carbocycles. The van der Waals surface area contributed by atoms with Crippen molar-refractivity contribution < 1.29 is 9.72 Å². The Morgan fingerprint density at radius 3 is 2.60 bits per heavy atom. The normalized spacial score (nSPS) is 10.8. The van der Waals surface area contributed by atoms with Crippen LogP contribution in [0.3, 0.4) is 0 Å². The number of rotatable bonds is 7. The quantitative estimate of drug-likeness (QED) is 0.381. The van der Waals surface area contributed by atoms with Crippen LogP contribution in [0.15, 0.2) is 18.2 Å². The van der Waals surface area contributed by atoms with E-state index < -0.39 is 10.8 Å². The maximum absolute atomic E-state index is 11.0. The fourth-order valence-corrected chi connectivity index (χ4v) is 1.80. The van der Waals surface area contributed by atoms with E-state index in [1.54, 1.807) is 6.07 Å². The van der Waals surface area contributed by atoms with Gasteiger partial charge >= 0.3 is 0 Å². The number of nitro benzene ring substituents is 1. The molecule has 8 nitrogen and oxygen atoms in total. The molecule has 8 heteroatoms. The molecule has 0 aliphatic rings. The van der Waals surface area contributed by atoms with Gasteiger partial charge in [0.2, 0.25) is 5.91 Å². The van der Waals surface area contributed by atoms with Gasteiger partial charge in [0.25, 0.3) is 5.69 Å². The molecule has 20 heavy (non-hydrogen) atoms. The highest BCUT2D eigenvalue weighted by molar-refractivity contribution is 5.76. The first kappa shape index (κ1) is 15.9. The fraction of sp³-hybridized carbons (Fsp3) is 0.417. The molecule has 0 radical (unpaired) electrons. The summed E-state index contributed by atoms with van der Waals surface area (Å²) in [6.45, 7) is 4.34. The second-order valence-corrected chi connectivity index (χ2v) is 4.72. The number of hydrogen-bond acceptors (Lipinski definition) is 6. The van der Waals surface area contributed by atoms with E-state index in [1.807, 2.05) is 18.7 Å². The van der Waals surface area contributed by atoms with Gasteiger partial charge < -0.3 is 11.2 Å². The molecule has 1 aromatic rings. The molecule has 0 unspecified atom stereocenters. The lowest BCUT2D eigenvalue weighted by Crippen LogP contribution is -2.37. The van der Waals surface area contributed by atoms with Crippen LogP contribution in [0.25, 0.3) is 0 Å². The summed E-state index contributed by atoms with van der Waals surface area (Å²) >= 11 is 0. The van der Waals surface area contributed by atoms with Gasteiger partial charge in [0.15, 0.2) is 0 Å². The van der Waals surface area contributed by atoms with Gasteiger partial charge in [-0.05, 0) is 25.5 Å². The van der Waals surface area contributed by atoms with Crippen molar-refractivity contribution in [3.8, 4) is 0 Å². The molecule has 0 spiro atoms. The Morgan fingerprint density at radius 1 is 1.50 bits per heavy atom. The molecule has 0 fully saturated rings. The van der Waals surface area contributed by atoms with E-state index in [2.05, 4.69) is 5.43 Å². The van der Waals surface area contributed by atoms with Gasteiger partial charge in [-0.25, -0.2) is 0 Å². The summed E-state index contributed by atoms with van der Waals surface area (Å²) in [7, 11) is 0. The first-order valence-corrected chi connectivity index (χ1v) is 6.11. The third kappa shape index (κ3) is 4.18. The van der Waals surface area contributed by atoms with E-state index in [4.69, 9.17) is 11.6 Å².